The molecule has 0 radical (unpaired) electrons. The number of carbonyl (C=O) groups is 1. The quantitative estimate of drug-likeness (QED) is 0.814. The average Bonchev–Trinajstić information content (AvgIpc) is 2.37. The van der Waals surface area contributed by atoms with Crippen molar-refractivity contribution in [3.05, 3.63) is 29.8 Å². The highest BCUT2D eigenvalue weighted by molar-refractivity contribution is 7.91. The number of hydrogen-bond acceptors (Lipinski definition) is 4. The van der Waals surface area contributed by atoms with Crippen LogP contribution in [0.2, 0.25) is 0 Å². The van der Waals surface area contributed by atoms with Gasteiger partial charge in [-0.2, -0.15) is 0 Å². The molecule has 0 saturated carbocycles. The highest BCUT2D eigenvalue weighted by Crippen LogP contribution is 2.22. The minimum Gasteiger partial charge on any atom is -0.325 e. The van der Waals surface area contributed by atoms with Gasteiger partial charge in [-0.3, -0.25) is 4.79 Å². The number of rotatable bonds is 6. The Hall–Kier alpha value is -1.11. The van der Waals surface area contributed by atoms with Crippen molar-refractivity contribution in [3.63, 3.8) is 0 Å². The molecule has 0 bridgehead atoms. The lowest BCUT2D eigenvalue weighted by Crippen LogP contribution is -2.35. The fourth-order valence-corrected chi connectivity index (χ4v) is 2.90. The van der Waals surface area contributed by atoms with Crippen LogP contribution in [0.15, 0.2) is 24.3 Å². The highest BCUT2D eigenvalue weighted by Gasteiger charge is 2.29. The van der Waals surface area contributed by atoms with Crippen LogP contribution in [0.1, 0.15) is 46.1 Å². The largest absolute Gasteiger partial charge is 0.325 e. The number of halogens is 1. The first kappa shape index (κ1) is 21.9. The number of sulfone groups is 1. The van der Waals surface area contributed by atoms with Gasteiger partial charge in [0.25, 0.3) is 0 Å². The Bertz CT molecular complexity index is 624. The van der Waals surface area contributed by atoms with Crippen molar-refractivity contribution in [2.45, 2.75) is 57.1 Å². The van der Waals surface area contributed by atoms with E-state index in [-0.39, 0.29) is 24.1 Å². The fraction of sp³-hybridized carbons (Fsp3) is 0.562. The van der Waals surface area contributed by atoms with Crippen LogP contribution in [0.5, 0.6) is 0 Å². The molecule has 0 aliphatic heterocycles. The van der Waals surface area contributed by atoms with Crippen molar-refractivity contribution >= 4 is 33.8 Å². The van der Waals surface area contributed by atoms with E-state index in [0.717, 1.165) is 6.42 Å². The van der Waals surface area contributed by atoms with Crippen molar-refractivity contribution in [2.75, 3.05) is 5.32 Å². The van der Waals surface area contributed by atoms with E-state index >= 15 is 0 Å². The maximum Gasteiger partial charge on any atom is 0.241 e. The lowest BCUT2D eigenvalue weighted by Gasteiger charge is -2.19. The van der Waals surface area contributed by atoms with Gasteiger partial charge in [-0.25, -0.2) is 8.42 Å². The summed E-state index contributed by atoms with van der Waals surface area (Å²) < 4.78 is 23.7. The summed E-state index contributed by atoms with van der Waals surface area (Å²) in [5.74, 6) is -0.306. The van der Waals surface area contributed by atoms with E-state index in [2.05, 4.69) is 5.32 Å². The molecule has 0 heterocycles. The Kier molecular flexibility index (Phi) is 8.24. The summed E-state index contributed by atoms with van der Waals surface area (Å²) in [6, 6.07) is 6.33. The molecule has 0 spiro atoms. The first-order chi connectivity index (χ1) is 10.1. The minimum absolute atomic E-state index is 0. The number of amides is 1. The number of benzene rings is 1. The van der Waals surface area contributed by atoms with E-state index in [0.29, 0.717) is 17.7 Å². The van der Waals surface area contributed by atoms with Gasteiger partial charge in [0.15, 0.2) is 9.84 Å². The van der Waals surface area contributed by atoms with Crippen molar-refractivity contribution in [3.8, 4) is 0 Å². The maximum absolute atomic E-state index is 12.2. The number of nitrogens with two attached hydrogens (primary N) is 1. The average molecular weight is 363 g/mol. The van der Waals surface area contributed by atoms with Gasteiger partial charge in [0.1, 0.15) is 0 Å². The zero-order valence-electron chi connectivity index (χ0n) is 14.1. The van der Waals surface area contributed by atoms with Crippen molar-refractivity contribution < 1.29 is 13.2 Å². The Morgan fingerprint density at radius 2 is 1.91 bits per heavy atom. The Morgan fingerprint density at radius 3 is 2.43 bits per heavy atom. The third kappa shape index (κ3) is 6.49. The molecule has 1 aromatic carbocycles. The maximum atomic E-state index is 12.2. The molecule has 0 fully saturated rings. The number of nitrogens with one attached hydrogen (secondary N) is 1. The first-order valence-corrected chi connectivity index (χ1v) is 9.09. The SMILES string of the molecule is CCCC(N)C(=O)Nc1cccc(CS(=O)(=O)C(C)(C)C)c1.Cl. The van der Waals surface area contributed by atoms with Gasteiger partial charge in [0, 0.05) is 5.69 Å². The molecule has 1 atom stereocenters. The van der Waals surface area contributed by atoms with E-state index in [9.17, 15) is 13.2 Å². The Labute approximate surface area is 145 Å². The number of hydrogen-bond donors (Lipinski definition) is 2. The van der Waals surface area contributed by atoms with Gasteiger partial charge >= 0.3 is 0 Å². The second kappa shape index (κ2) is 8.66. The van der Waals surface area contributed by atoms with Crippen molar-refractivity contribution in [2.24, 2.45) is 5.73 Å². The summed E-state index contributed by atoms with van der Waals surface area (Å²) >= 11 is 0. The summed E-state index contributed by atoms with van der Waals surface area (Å²) in [5.41, 5.74) is 6.98. The molecule has 23 heavy (non-hydrogen) atoms. The van der Waals surface area contributed by atoms with Crippen LogP contribution in [0.3, 0.4) is 0 Å². The molecule has 7 heteroatoms. The molecule has 1 unspecified atom stereocenters. The van der Waals surface area contributed by atoms with Crippen LogP contribution >= 0.6 is 12.4 Å². The summed E-state index contributed by atoms with van der Waals surface area (Å²) in [5, 5.41) is 2.73. The summed E-state index contributed by atoms with van der Waals surface area (Å²) in [4.78, 5) is 11.9. The van der Waals surface area contributed by atoms with Crippen LogP contribution in [-0.4, -0.2) is 25.1 Å². The van der Waals surface area contributed by atoms with Crippen LogP contribution in [0.4, 0.5) is 5.69 Å². The normalized spacial score (nSPS) is 13.1. The van der Waals surface area contributed by atoms with Gasteiger partial charge in [0.05, 0.1) is 16.5 Å². The lowest BCUT2D eigenvalue weighted by molar-refractivity contribution is -0.117. The molecule has 0 aliphatic rings. The van der Waals surface area contributed by atoms with Gasteiger partial charge in [-0.05, 0) is 44.9 Å². The monoisotopic (exact) mass is 362 g/mol. The molecule has 0 aliphatic carbocycles. The molecule has 3 N–H and O–H groups in total. The summed E-state index contributed by atoms with van der Waals surface area (Å²) in [7, 11) is -3.26. The zero-order valence-corrected chi connectivity index (χ0v) is 15.8. The first-order valence-electron chi connectivity index (χ1n) is 7.44. The van der Waals surface area contributed by atoms with Gasteiger partial charge in [-0.1, -0.05) is 25.5 Å². The smallest absolute Gasteiger partial charge is 0.241 e. The third-order valence-corrected chi connectivity index (χ3v) is 6.00. The minimum atomic E-state index is -3.26. The van der Waals surface area contributed by atoms with Gasteiger partial charge < -0.3 is 11.1 Å². The molecule has 1 rings (SSSR count). The van der Waals surface area contributed by atoms with Gasteiger partial charge in [-0.15, -0.1) is 12.4 Å². The van der Waals surface area contributed by atoms with Crippen LogP contribution in [0, 0.1) is 0 Å². The zero-order chi connectivity index (χ0) is 17.0. The van der Waals surface area contributed by atoms with Gasteiger partial charge in [0.2, 0.25) is 5.91 Å². The van der Waals surface area contributed by atoms with E-state index in [1.54, 1.807) is 45.0 Å². The number of carbonyl (C=O) groups excluding carboxylic acids is 1. The molecular weight excluding hydrogens is 336 g/mol. The second-order valence-corrected chi connectivity index (χ2v) is 9.20. The van der Waals surface area contributed by atoms with E-state index < -0.39 is 20.6 Å². The van der Waals surface area contributed by atoms with E-state index in [4.69, 9.17) is 5.73 Å². The topological polar surface area (TPSA) is 89.3 Å². The van der Waals surface area contributed by atoms with Crippen LogP contribution in [0.25, 0.3) is 0 Å². The fourth-order valence-electron chi connectivity index (χ4n) is 1.85. The molecule has 0 aromatic heterocycles. The lowest BCUT2D eigenvalue weighted by atomic mass is 10.1. The molecule has 1 amide bonds. The van der Waals surface area contributed by atoms with Crippen molar-refractivity contribution in [1.82, 2.24) is 0 Å². The van der Waals surface area contributed by atoms with Crippen LogP contribution < -0.4 is 11.1 Å². The summed E-state index contributed by atoms with van der Waals surface area (Å²) in [6.07, 6.45) is 1.45. The third-order valence-electron chi connectivity index (χ3n) is 3.42. The van der Waals surface area contributed by atoms with E-state index in [1.807, 2.05) is 6.92 Å². The Morgan fingerprint density at radius 1 is 1.30 bits per heavy atom. The molecule has 1 aromatic rings. The number of anilines is 1. The predicted octanol–water partition coefficient (Wildman–Crippen LogP) is 2.89. The van der Waals surface area contributed by atoms with E-state index in [1.165, 1.54) is 0 Å². The summed E-state index contributed by atoms with van der Waals surface area (Å²) in [6.45, 7) is 7.00. The van der Waals surface area contributed by atoms with Crippen LogP contribution in [-0.2, 0) is 20.4 Å². The molecule has 5 nitrogen and oxygen atoms in total. The highest BCUT2D eigenvalue weighted by atomic mass is 35.5. The molecular formula is C16H27ClN2O3S. The molecule has 132 valence electrons. The predicted molar refractivity (Wildman–Crippen MR) is 97.6 cm³/mol. The second-order valence-electron chi connectivity index (χ2n) is 6.46. The molecule has 0 saturated heterocycles. The van der Waals surface area contributed by atoms with Crippen molar-refractivity contribution in [1.29, 1.82) is 0 Å². The standard InChI is InChI=1S/C16H26N2O3S.ClH/c1-5-7-14(17)15(19)18-13-9-6-8-12(10-13)11-22(20,21)16(2,3)4;/h6,8-10,14H,5,7,11,17H2,1-4H3,(H,18,19);1H. The Balaban J connectivity index is 0.00000484.